The number of nitrogens with one attached hydrogen (secondary N) is 4. The second-order valence-electron chi connectivity index (χ2n) is 13.9. The Morgan fingerprint density at radius 3 is 1.18 bits per heavy atom. The van der Waals surface area contributed by atoms with E-state index in [1.165, 1.54) is 0 Å². The molecular formula is C28H54N4O2. The van der Waals surface area contributed by atoms with E-state index in [1.807, 2.05) is 0 Å². The first-order chi connectivity index (χ1) is 15.6. The number of amides is 2. The Balaban J connectivity index is 1.51. The number of carbonyl (C=O) groups excluding carboxylic acids is 2. The van der Waals surface area contributed by atoms with Crippen molar-refractivity contribution >= 4 is 11.8 Å². The summed E-state index contributed by atoms with van der Waals surface area (Å²) in [5.41, 5.74) is 0.345. The summed E-state index contributed by atoms with van der Waals surface area (Å²) < 4.78 is 0. The first kappa shape index (κ1) is 29.1. The maximum atomic E-state index is 12.4. The van der Waals surface area contributed by atoms with E-state index in [1.54, 1.807) is 0 Å². The topological polar surface area (TPSA) is 82.3 Å². The highest BCUT2D eigenvalue weighted by Gasteiger charge is 2.39. The zero-order valence-corrected chi connectivity index (χ0v) is 23.5. The zero-order valence-electron chi connectivity index (χ0n) is 23.5. The summed E-state index contributed by atoms with van der Waals surface area (Å²) in [6.45, 7) is 19.4. The van der Waals surface area contributed by atoms with E-state index in [0.717, 1.165) is 64.5 Å². The van der Waals surface area contributed by atoms with Gasteiger partial charge in [-0.3, -0.25) is 9.59 Å². The molecule has 2 rings (SSSR count). The molecule has 2 heterocycles. The predicted molar refractivity (Wildman–Crippen MR) is 142 cm³/mol. The van der Waals surface area contributed by atoms with Crippen molar-refractivity contribution in [2.45, 2.75) is 142 Å². The van der Waals surface area contributed by atoms with Crippen LogP contribution in [0.25, 0.3) is 0 Å². The Bertz CT molecular complexity index is 594. The molecule has 4 N–H and O–H groups in total. The Morgan fingerprint density at radius 1 is 0.588 bits per heavy atom. The molecule has 0 spiro atoms. The van der Waals surface area contributed by atoms with Gasteiger partial charge in [-0.05, 0) is 106 Å². The van der Waals surface area contributed by atoms with Crippen LogP contribution in [0.15, 0.2) is 0 Å². The van der Waals surface area contributed by atoms with Crippen LogP contribution in [-0.2, 0) is 9.59 Å². The van der Waals surface area contributed by atoms with E-state index in [9.17, 15) is 9.59 Å². The van der Waals surface area contributed by atoms with Crippen LogP contribution in [0, 0.1) is 11.8 Å². The number of hydrogen-bond acceptors (Lipinski definition) is 4. The van der Waals surface area contributed by atoms with Crippen LogP contribution in [0.3, 0.4) is 0 Å². The highest BCUT2D eigenvalue weighted by atomic mass is 16.2. The molecule has 34 heavy (non-hydrogen) atoms. The van der Waals surface area contributed by atoms with Crippen LogP contribution >= 0.6 is 0 Å². The van der Waals surface area contributed by atoms with Crippen LogP contribution in [0.5, 0.6) is 0 Å². The fourth-order valence-corrected chi connectivity index (χ4v) is 7.08. The quantitative estimate of drug-likeness (QED) is 0.325. The zero-order chi connectivity index (χ0) is 25.6. The van der Waals surface area contributed by atoms with Crippen molar-refractivity contribution in [3.63, 3.8) is 0 Å². The van der Waals surface area contributed by atoms with Gasteiger partial charge in [0.1, 0.15) is 0 Å². The summed E-state index contributed by atoms with van der Waals surface area (Å²) in [5, 5.41) is 13.6. The number of unbranched alkanes of at least 4 members (excludes halogenated alkanes) is 3. The molecule has 0 bridgehead atoms. The molecule has 6 nitrogen and oxygen atoms in total. The lowest BCUT2D eigenvalue weighted by Gasteiger charge is -2.46. The summed E-state index contributed by atoms with van der Waals surface area (Å²) >= 11 is 0. The highest BCUT2D eigenvalue weighted by molar-refractivity contribution is 5.76. The van der Waals surface area contributed by atoms with Gasteiger partial charge in [0.15, 0.2) is 0 Å². The van der Waals surface area contributed by atoms with Crippen molar-refractivity contribution in [1.82, 2.24) is 21.3 Å². The third-order valence-electron chi connectivity index (χ3n) is 7.25. The molecule has 0 aromatic heterocycles. The normalized spacial score (nSPS) is 23.9. The summed E-state index contributed by atoms with van der Waals surface area (Å²) in [6, 6.07) is 0. The van der Waals surface area contributed by atoms with Crippen LogP contribution < -0.4 is 21.3 Å². The van der Waals surface area contributed by atoms with Gasteiger partial charge in [0.2, 0.25) is 11.8 Å². The van der Waals surface area contributed by atoms with Gasteiger partial charge in [-0.25, -0.2) is 0 Å². The molecule has 2 aliphatic rings. The lowest BCUT2D eigenvalue weighted by atomic mass is 9.74. The van der Waals surface area contributed by atoms with Crippen molar-refractivity contribution in [3.8, 4) is 0 Å². The van der Waals surface area contributed by atoms with Gasteiger partial charge in [0.25, 0.3) is 0 Å². The summed E-state index contributed by atoms with van der Waals surface area (Å²) in [4.78, 5) is 24.8. The fourth-order valence-electron chi connectivity index (χ4n) is 7.08. The molecule has 0 unspecified atom stereocenters. The Morgan fingerprint density at radius 2 is 0.882 bits per heavy atom. The molecule has 2 fully saturated rings. The molecule has 0 radical (unpaired) electrons. The van der Waals surface area contributed by atoms with Crippen molar-refractivity contribution in [1.29, 1.82) is 0 Å². The molecule has 6 heteroatoms. The van der Waals surface area contributed by atoms with E-state index >= 15 is 0 Å². The molecule has 0 atom stereocenters. The van der Waals surface area contributed by atoms with E-state index in [-0.39, 0.29) is 34.0 Å². The predicted octanol–water partition coefficient (Wildman–Crippen LogP) is 4.67. The van der Waals surface area contributed by atoms with Gasteiger partial charge in [0, 0.05) is 48.1 Å². The van der Waals surface area contributed by atoms with Crippen LogP contribution in [0.1, 0.15) is 120 Å². The summed E-state index contributed by atoms with van der Waals surface area (Å²) in [6.07, 6.45) is 9.61. The minimum Gasteiger partial charge on any atom is -0.356 e. The molecule has 0 saturated carbocycles. The molecule has 2 saturated heterocycles. The molecular weight excluding hydrogens is 424 g/mol. The minimum absolute atomic E-state index is 0.0862. The van der Waals surface area contributed by atoms with E-state index in [0.29, 0.717) is 24.7 Å². The smallest absolute Gasteiger partial charge is 0.220 e. The van der Waals surface area contributed by atoms with Gasteiger partial charge in [-0.15, -0.1) is 0 Å². The lowest BCUT2D eigenvalue weighted by Crippen LogP contribution is -2.58. The number of piperidine rings is 2. The molecule has 2 aliphatic heterocycles. The molecule has 2 amide bonds. The SMILES string of the molecule is CC1(C)CC(CC(=O)NCCCCCCNC(=O)CC2CC(C)(C)NC(C)(C)C2)CC(C)(C)N1. The number of hydrogen-bond donors (Lipinski definition) is 4. The Kier molecular flexibility index (Phi) is 10.0. The van der Waals surface area contributed by atoms with Gasteiger partial charge in [-0.1, -0.05) is 12.8 Å². The van der Waals surface area contributed by atoms with Gasteiger partial charge >= 0.3 is 0 Å². The number of rotatable bonds is 11. The highest BCUT2D eigenvalue weighted by Crippen LogP contribution is 2.35. The van der Waals surface area contributed by atoms with Crippen LogP contribution in [0.2, 0.25) is 0 Å². The average Bonchev–Trinajstić information content (AvgIpc) is 2.58. The monoisotopic (exact) mass is 478 g/mol. The largest absolute Gasteiger partial charge is 0.356 e. The average molecular weight is 479 g/mol. The second-order valence-corrected chi connectivity index (χ2v) is 13.9. The number of carbonyl (C=O) groups is 2. The third-order valence-corrected chi connectivity index (χ3v) is 7.25. The van der Waals surface area contributed by atoms with E-state index in [4.69, 9.17) is 0 Å². The van der Waals surface area contributed by atoms with Crippen LogP contribution in [0.4, 0.5) is 0 Å². The fraction of sp³-hybridized carbons (Fsp3) is 0.929. The van der Waals surface area contributed by atoms with Gasteiger partial charge in [0.05, 0.1) is 0 Å². The molecule has 0 aliphatic carbocycles. The second kappa shape index (κ2) is 11.7. The lowest BCUT2D eigenvalue weighted by molar-refractivity contribution is -0.123. The van der Waals surface area contributed by atoms with Crippen molar-refractivity contribution in [2.24, 2.45) is 11.8 Å². The van der Waals surface area contributed by atoms with Crippen molar-refractivity contribution in [3.05, 3.63) is 0 Å². The third kappa shape index (κ3) is 11.1. The van der Waals surface area contributed by atoms with Crippen molar-refractivity contribution < 1.29 is 9.59 Å². The Hall–Kier alpha value is -1.14. The molecule has 0 aromatic carbocycles. The summed E-state index contributed by atoms with van der Waals surface area (Å²) in [7, 11) is 0. The van der Waals surface area contributed by atoms with Crippen molar-refractivity contribution in [2.75, 3.05) is 13.1 Å². The molecule has 0 aromatic rings. The maximum Gasteiger partial charge on any atom is 0.220 e. The standard InChI is InChI=1S/C28H54N4O2/c1-25(2)17-21(18-26(3,4)31-25)15-23(33)29-13-11-9-10-12-14-30-24(34)16-22-19-27(5,6)32-28(7,8)20-22/h21-22,31-32H,9-20H2,1-8H3,(H,29,33)(H,30,34). The van der Waals surface area contributed by atoms with E-state index in [2.05, 4.69) is 76.7 Å². The van der Waals surface area contributed by atoms with Gasteiger partial charge in [-0.2, -0.15) is 0 Å². The van der Waals surface area contributed by atoms with E-state index < -0.39 is 0 Å². The maximum absolute atomic E-state index is 12.4. The first-order valence-electron chi connectivity index (χ1n) is 13.7. The van der Waals surface area contributed by atoms with Crippen LogP contribution in [-0.4, -0.2) is 47.1 Å². The first-order valence-corrected chi connectivity index (χ1v) is 13.7. The Labute approximate surface area is 209 Å². The van der Waals surface area contributed by atoms with Gasteiger partial charge < -0.3 is 21.3 Å². The summed E-state index contributed by atoms with van der Waals surface area (Å²) in [5.74, 6) is 1.26. The molecule has 198 valence electrons. The minimum atomic E-state index is 0.0862.